The standard InChI is InChI=1S/C32H35N3O5/c1-21-10-6-11-22(2)27(21)34-17-8-15-32-26(30(38)35(18-9-19-36)28(32)31(34)39)25-24(40-32)14-7-16-33(29(25)37)20-23-12-4-3-5-13-23/h3-8,10-15,24-26,28,36H,9,16-20H2,1-2H3/t24-,25+,26+,28?,32+/m1/s1. The fraction of sp³-hybridized carbons (Fsp3) is 0.406. The summed E-state index contributed by atoms with van der Waals surface area (Å²) in [4.78, 5) is 47.9. The molecule has 8 nitrogen and oxygen atoms in total. The molecular weight excluding hydrogens is 506 g/mol. The van der Waals surface area contributed by atoms with E-state index in [0.29, 0.717) is 26.1 Å². The molecule has 2 saturated heterocycles. The number of rotatable bonds is 6. The largest absolute Gasteiger partial charge is 0.396 e. The van der Waals surface area contributed by atoms with Gasteiger partial charge in [-0.25, -0.2) is 0 Å². The van der Waals surface area contributed by atoms with E-state index in [4.69, 9.17) is 4.74 Å². The van der Waals surface area contributed by atoms with Gasteiger partial charge < -0.3 is 24.5 Å². The molecule has 0 radical (unpaired) electrons. The van der Waals surface area contributed by atoms with Crippen molar-refractivity contribution in [2.24, 2.45) is 11.8 Å². The van der Waals surface area contributed by atoms with Gasteiger partial charge in [0, 0.05) is 38.5 Å². The monoisotopic (exact) mass is 541 g/mol. The Kier molecular flexibility index (Phi) is 6.84. The second-order valence-electron chi connectivity index (χ2n) is 11.2. The molecule has 8 heteroatoms. The maximum Gasteiger partial charge on any atom is 0.253 e. The molecule has 40 heavy (non-hydrogen) atoms. The average molecular weight is 542 g/mol. The van der Waals surface area contributed by atoms with Gasteiger partial charge in [0.1, 0.15) is 11.6 Å². The first-order valence-corrected chi connectivity index (χ1v) is 14.0. The van der Waals surface area contributed by atoms with Crippen LogP contribution in [-0.4, -0.2) is 76.6 Å². The summed E-state index contributed by atoms with van der Waals surface area (Å²) >= 11 is 0. The molecule has 0 aromatic heterocycles. The maximum atomic E-state index is 14.5. The highest BCUT2D eigenvalue weighted by molar-refractivity contribution is 6.06. The lowest BCUT2D eigenvalue weighted by molar-refractivity contribution is -0.144. The molecule has 2 aromatic carbocycles. The van der Waals surface area contributed by atoms with Gasteiger partial charge in [0.2, 0.25) is 11.8 Å². The molecule has 1 unspecified atom stereocenters. The summed E-state index contributed by atoms with van der Waals surface area (Å²) < 4.78 is 6.71. The van der Waals surface area contributed by atoms with E-state index in [1.807, 2.05) is 86.7 Å². The third-order valence-electron chi connectivity index (χ3n) is 8.72. The van der Waals surface area contributed by atoms with Crippen molar-refractivity contribution in [1.29, 1.82) is 0 Å². The van der Waals surface area contributed by atoms with E-state index in [1.54, 1.807) is 14.7 Å². The van der Waals surface area contributed by atoms with E-state index in [-0.39, 0.29) is 30.9 Å². The van der Waals surface area contributed by atoms with Crippen LogP contribution in [0.15, 0.2) is 72.8 Å². The number of carbonyl (C=O) groups is 3. The normalized spacial score (nSPS) is 29.4. The van der Waals surface area contributed by atoms with Crippen LogP contribution in [0, 0.1) is 25.7 Å². The number of hydrogen-bond acceptors (Lipinski definition) is 5. The van der Waals surface area contributed by atoms with Crippen molar-refractivity contribution in [3.63, 3.8) is 0 Å². The minimum absolute atomic E-state index is 0.113. The molecule has 0 bridgehead atoms. The number of aliphatic hydroxyl groups excluding tert-OH is 1. The first-order valence-electron chi connectivity index (χ1n) is 14.0. The molecule has 5 atom stereocenters. The van der Waals surface area contributed by atoms with E-state index in [0.717, 1.165) is 22.4 Å². The number of anilines is 1. The Balaban J connectivity index is 1.41. The topological polar surface area (TPSA) is 90.4 Å². The molecule has 1 spiro atoms. The third kappa shape index (κ3) is 4.09. The van der Waals surface area contributed by atoms with E-state index in [2.05, 4.69) is 0 Å². The molecule has 0 aliphatic carbocycles. The number of aryl methyl sites for hydroxylation is 2. The summed E-state index contributed by atoms with van der Waals surface area (Å²) in [6.07, 6.45) is 7.29. The van der Waals surface area contributed by atoms with Crippen LogP contribution in [0.4, 0.5) is 5.69 Å². The Morgan fingerprint density at radius 2 is 1.68 bits per heavy atom. The van der Waals surface area contributed by atoms with E-state index < -0.39 is 29.6 Å². The Morgan fingerprint density at radius 1 is 0.925 bits per heavy atom. The lowest BCUT2D eigenvalue weighted by Gasteiger charge is -2.36. The van der Waals surface area contributed by atoms with Crippen LogP contribution in [0.1, 0.15) is 23.1 Å². The number of para-hydroxylation sites is 1. The van der Waals surface area contributed by atoms with Crippen LogP contribution in [0.3, 0.4) is 0 Å². The van der Waals surface area contributed by atoms with Crippen molar-refractivity contribution in [3.8, 4) is 0 Å². The van der Waals surface area contributed by atoms with Crippen molar-refractivity contribution >= 4 is 23.4 Å². The fourth-order valence-corrected chi connectivity index (χ4v) is 7.05. The zero-order valence-electron chi connectivity index (χ0n) is 22.9. The van der Waals surface area contributed by atoms with Crippen LogP contribution in [-0.2, 0) is 25.7 Å². The van der Waals surface area contributed by atoms with Gasteiger partial charge in [0.15, 0.2) is 0 Å². The zero-order valence-corrected chi connectivity index (χ0v) is 22.9. The van der Waals surface area contributed by atoms with E-state index in [9.17, 15) is 19.5 Å². The van der Waals surface area contributed by atoms with Gasteiger partial charge >= 0.3 is 0 Å². The predicted octanol–water partition coefficient (Wildman–Crippen LogP) is 2.77. The lowest BCUT2D eigenvalue weighted by Crippen LogP contribution is -2.55. The number of carbonyl (C=O) groups excluding carboxylic acids is 3. The number of amides is 3. The van der Waals surface area contributed by atoms with Crippen molar-refractivity contribution in [1.82, 2.24) is 9.80 Å². The number of benzene rings is 2. The van der Waals surface area contributed by atoms with Crippen LogP contribution in [0.25, 0.3) is 0 Å². The number of fused-ring (bicyclic) bond motifs is 2. The van der Waals surface area contributed by atoms with Crippen molar-refractivity contribution in [3.05, 3.63) is 89.5 Å². The first-order chi connectivity index (χ1) is 19.4. The van der Waals surface area contributed by atoms with Gasteiger partial charge in [0.25, 0.3) is 5.91 Å². The number of ether oxygens (including phenoxy) is 1. The molecule has 3 amide bonds. The molecule has 208 valence electrons. The fourth-order valence-electron chi connectivity index (χ4n) is 7.05. The quantitative estimate of drug-likeness (QED) is 0.568. The Labute approximate surface area is 234 Å². The summed E-state index contributed by atoms with van der Waals surface area (Å²) in [7, 11) is 0. The molecule has 1 N–H and O–H groups in total. The summed E-state index contributed by atoms with van der Waals surface area (Å²) in [5, 5.41) is 9.63. The highest BCUT2D eigenvalue weighted by atomic mass is 16.5. The van der Waals surface area contributed by atoms with Crippen LogP contribution < -0.4 is 4.90 Å². The SMILES string of the molecule is Cc1cccc(C)c1N1CC=C[C@]23O[C@@H]4C=CCN(Cc5ccccc5)C(=O)[C@@H]4[C@H]2C(=O)N(CCCO)C3C1=O. The summed E-state index contributed by atoms with van der Waals surface area (Å²) in [5.74, 6) is -2.23. The smallest absolute Gasteiger partial charge is 0.253 e. The molecule has 4 aliphatic heterocycles. The zero-order chi connectivity index (χ0) is 28.0. The third-order valence-corrected chi connectivity index (χ3v) is 8.72. The van der Waals surface area contributed by atoms with Crippen LogP contribution >= 0.6 is 0 Å². The molecule has 6 rings (SSSR count). The first kappa shape index (κ1) is 26.5. The van der Waals surface area contributed by atoms with Crippen LogP contribution in [0.5, 0.6) is 0 Å². The Morgan fingerprint density at radius 3 is 2.40 bits per heavy atom. The van der Waals surface area contributed by atoms with Gasteiger partial charge in [-0.05, 0) is 37.0 Å². The van der Waals surface area contributed by atoms with Gasteiger partial charge in [-0.1, -0.05) is 72.8 Å². The maximum absolute atomic E-state index is 14.5. The van der Waals surface area contributed by atoms with Crippen LogP contribution in [0.2, 0.25) is 0 Å². The number of aliphatic hydroxyl groups is 1. The molecule has 4 aliphatic rings. The van der Waals surface area contributed by atoms with Crippen molar-refractivity contribution in [2.75, 3.05) is 31.1 Å². The van der Waals surface area contributed by atoms with Crippen molar-refractivity contribution in [2.45, 2.75) is 44.6 Å². The average Bonchev–Trinajstić information content (AvgIpc) is 3.26. The van der Waals surface area contributed by atoms with E-state index in [1.165, 1.54) is 0 Å². The minimum Gasteiger partial charge on any atom is -0.396 e. The number of hydrogen-bond donors (Lipinski definition) is 1. The molecule has 2 fully saturated rings. The predicted molar refractivity (Wildman–Crippen MR) is 150 cm³/mol. The highest BCUT2D eigenvalue weighted by Crippen LogP contribution is 2.53. The van der Waals surface area contributed by atoms with Gasteiger partial charge in [-0.2, -0.15) is 0 Å². The number of nitrogens with zero attached hydrogens (tertiary/aromatic N) is 3. The molecule has 0 saturated carbocycles. The minimum atomic E-state index is -1.28. The Bertz CT molecular complexity index is 1370. The van der Waals surface area contributed by atoms with Crippen molar-refractivity contribution < 1.29 is 24.2 Å². The molecular formula is C32H35N3O5. The van der Waals surface area contributed by atoms with Gasteiger partial charge in [-0.15, -0.1) is 0 Å². The second kappa shape index (κ2) is 10.3. The second-order valence-corrected chi connectivity index (χ2v) is 11.2. The molecule has 4 heterocycles. The van der Waals surface area contributed by atoms with Gasteiger partial charge in [-0.3, -0.25) is 14.4 Å². The van der Waals surface area contributed by atoms with Gasteiger partial charge in [0.05, 0.1) is 17.9 Å². The molecule has 2 aromatic rings. The highest BCUT2D eigenvalue weighted by Gasteiger charge is 2.71. The lowest BCUT2D eigenvalue weighted by atomic mass is 9.77. The number of likely N-dealkylation sites (tertiary alicyclic amines) is 1. The summed E-state index contributed by atoms with van der Waals surface area (Å²) in [6, 6.07) is 14.8. The van der Waals surface area contributed by atoms with E-state index >= 15 is 0 Å². The Hall–Kier alpha value is -3.75. The summed E-state index contributed by atoms with van der Waals surface area (Å²) in [6.45, 7) is 5.22. The summed E-state index contributed by atoms with van der Waals surface area (Å²) in [5.41, 5.74) is 2.48.